The van der Waals surface area contributed by atoms with E-state index in [-0.39, 0.29) is 18.9 Å². The maximum absolute atomic E-state index is 12.2. The Labute approximate surface area is 136 Å². The molecule has 1 atom stereocenters. The quantitative estimate of drug-likeness (QED) is 0.461. The van der Waals surface area contributed by atoms with Crippen molar-refractivity contribution in [2.45, 2.75) is 46.6 Å². The third kappa shape index (κ3) is 5.09. The number of carboxylic acid groups (broad SMARTS) is 1. The molecule has 0 fully saturated rings. The van der Waals surface area contributed by atoms with Crippen LogP contribution in [-0.2, 0) is 14.3 Å². The van der Waals surface area contributed by atoms with Gasteiger partial charge in [0.05, 0.1) is 12.0 Å². The number of carboxylic acids is 1. The average molecular weight is 332 g/mol. The van der Waals surface area contributed by atoms with Crippen molar-refractivity contribution in [3.8, 4) is 0 Å². The van der Waals surface area contributed by atoms with Gasteiger partial charge in [-0.1, -0.05) is 13.8 Å². The topological polar surface area (TPSA) is 125 Å². The third-order valence-corrected chi connectivity index (χ3v) is 3.70. The first-order valence-corrected chi connectivity index (χ1v) is 7.62. The number of carbonyl (C=O) groups excluding carboxylic acids is 2. The van der Waals surface area contributed by atoms with Gasteiger partial charge in [-0.3, -0.25) is 4.79 Å². The molecule has 0 rings (SSSR count). The standard InChI is InChI=1S/C15H28N2O6/c1-6-23-12(21)14(4,5)15(7-8-18,11(19)20)17-13(22)16-9-10(2)3/h10,18H,6-9H2,1-5H3,(H,19,20)(H2,16,17,22). The summed E-state index contributed by atoms with van der Waals surface area (Å²) in [6.45, 7) is 8.04. The first-order valence-electron chi connectivity index (χ1n) is 7.62. The molecule has 0 spiro atoms. The molecule has 2 amide bonds. The van der Waals surface area contributed by atoms with Crippen molar-refractivity contribution < 1.29 is 29.3 Å². The fourth-order valence-corrected chi connectivity index (χ4v) is 2.15. The smallest absolute Gasteiger partial charge is 0.330 e. The predicted molar refractivity (Wildman–Crippen MR) is 83.9 cm³/mol. The monoisotopic (exact) mass is 332 g/mol. The van der Waals surface area contributed by atoms with E-state index in [1.54, 1.807) is 6.92 Å². The maximum atomic E-state index is 12.2. The van der Waals surface area contributed by atoms with E-state index in [4.69, 9.17) is 4.74 Å². The van der Waals surface area contributed by atoms with E-state index < -0.39 is 35.5 Å². The minimum atomic E-state index is -1.99. The van der Waals surface area contributed by atoms with Gasteiger partial charge >= 0.3 is 18.0 Å². The summed E-state index contributed by atoms with van der Waals surface area (Å²) in [5.74, 6) is -2.00. The number of urea groups is 1. The van der Waals surface area contributed by atoms with Crippen LogP contribution in [0.3, 0.4) is 0 Å². The van der Waals surface area contributed by atoms with E-state index in [1.807, 2.05) is 13.8 Å². The molecule has 23 heavy (non-hydrogen) atoms. The molecule has 0 saturated heterocycles. The number of hydrogen-bond donors (Lipinski definition) is 4. The van der Waals surface area contributed by atoms with Gasteiger partial charge in [-0.2, -0.15) is 0 Å². The predicted octanol–water partition coefficient (Wildman–Crippen LogP) is 0.737. The molecule has 0 aromatic rings. The van der Waals surface area contributed by atoms with Gasteiger partial charge < -0.3 is 25.6 Å². The number of nitrogens with one attached hydrogen (secondary N) is 2. The van der Waals surface area contributed by atoms with Gasteiger partial charge in [-0.05, 0) is 26.7 Å². The molecule has 0 aliphatic carbocycles. The summed E-state index contributed by atoms with van der Waals surface area (Å²) >= 11 is 0. The van der Waals surface area contributed by atoms with Gasteiger partial charge in [-0.25, -0.2) is 9.59 Å². The normalized spacial score (nSPS) is 14.0. The van der Waals surface area contributed by atoms with Crippen LogP contribution in [0.2, 0.25) is 0 Å². The molecule has 4 N–H and O–H groups in total. The third-order valence-electron chi connectivity index (χ3n) is 3.70. The average Bonchev–Trinajstić information content (AvgIpc) is 2.44. The molecule has 0 aliphatic rings. The highest BCUT2D eigenvalue weighted by atomic mass is 16.5. The van der Waals surface area contributed by atoms with Crippen LogP contribution >= 0.6 is 0 Å². The van der Waals surface area contributed by atoms with Crippen molar-refractivity contribution in [2.24, 2.45) is 11.3 Å². The van der Waals surface area contributed by atoms with E-state index in [0.717, 1.165) is 0 Å². The number of aliphatic carboxylic acids is 1. The second kappa shape index (κ2) is 8.71. The lowest BCUT2D eigenvalue weighted by Gasteiger charge is -2.41. The number of esters is 1. The largest absolute Gasteiger partial charge is 0.479 e. The van der Waals surface area contributed by atoms with Crippen LogP contribution in [0.4, 0.5) is 4.79 Å². The van der Waals surface area contributed by atoms with Crippen LogP contribution in [0.5, 0.6) is 0 Å². The lowest BCUT2D eigenvalue weighted by atomic mass is 9.70. The summed E-state index contributed by atoms with van der Waals surface area (Å²) in [7, 11) is 0. The first kappa shape index (κ1) is 21.2. The van der Waals surface area contributed by atoms with E-state index in [2.05, 4.69) is 10.6 Å². The Morgan fingerprint density at radius 1 is 1.22 bits per heavy atom. The highest BCUT2D eigenvalue weighted by molar-refractivity contribution is 5.93. The highest BCUT2D eigenvalue weighted by Crippen LogP contribution is 2.35. The summed E-state index contributed by atoms with van der Waals surface area (Å²) in [6, 6.07) is -0.716. The summed E-state index contributed by atoms with van der Waals surface area (Å²) in [5.41, 5.74) is -3.57. The van der Waals surface area contributed by atoms with Crippen molar-refractivity contribution in [1.82, 2.24) is 10.6 Å². The second-order valence-corrected chi connectivity index (χ2v) is 6.26. The Balaban J connectivity index is 5.59. The Hall–Kier alpha value is -1.83. The molecule has 0 aliphatic heterocycles. The van der Waals surface area contributed by atoms with E-state index in [1.165, 1.54) is 13.8 Å². The van der Waals surface area contributed by atoms with Crippen LogP contribution < -0.4 is 10.6 Å². The zero-order chi connectivity index (χ0) is 18.3. The molecule has 0 aromatic heterocycles. The van der Waals surface area contributed by atoms with Crippen molar-refractivity contribution >= 4 is 18.0 Å². The first-order chi connectivity index (χ1) is 10.5. The minimum Gasteiger partial charge on any atom is -0.479 e. The van der Waals surface area contributed by atoms with Crippen LogP contribution in [0, 0.1) is 11.3 Å². The molecule has 0 radical (unpaired) electrons. The zero-order valence-corrected chi connectivity index (χ0v) is 14.4. The molecule has 8 heteroatoms. The summed E-state index contributed by atoms with van der Waals surface area (Å²) in [6.07, 6.45) is -0.330. The maximum Gasteiger partial charge on any atom is 0.330 e. The van der Waals surface area contributed by atoms with Crippen LogP contribution in [0.1, 0.15) is 41.0 Å². The number of ether oxygens (including phenoxy) is 1. The second-order valence-electron chi connectivity index (χ2n) is 6.26. The molecule has 0 saturated carbocycles. The molecule has 8 nitrogen and oxygen atoms in total. The fraction of sp³-hybridized carbons (Fsp3) is 0.800. The van der Waals surface area contributed by atoms with Gasteiger partial charge in [-0.15, -0.1) is 0 Å². The molecule has 0 bridgehead atoms. The Bertz CT molecular complexity index is 436. The Morgan fingerprint density at radius 3 is 2.17 bits per heavy atom. The van der Waals surface area contributed by atoms with Crippen LogP contribution in [0.25, 0.3) is 0 Å². The number of aliphatic hydroxyl groups is 1. The van der Waals surface area contributed by atoms with Crippen molar-refractivity contribution in [2.75, 3.05) is 19.8 Å². The summed E-state index contributed by atoms with van der Waals surface area (Å²) < 4.78 is 4.93. The highest BCUT2D eigenvalue weighted by Gasteiger charge is 2.57. The summed E-state index contributed by atoms with van der Waals surface area (Å²) in [4.78, 5) is 36.1. The fourth-order valence-electron chi connectivity index (χ4n) is 2.15. The van der Waals surface area contributed by atoms with Crippen molar-refractivity contribution in [3.63, 3.8) is 0 Å². The number of amides is 2. The Morgan fingerprint density at radius 2 is 1.78 bits per heavy atom. The molecular weight excluding hydrogens is 304 g/mol. The van der Waals surface area contributed by atoms with Gasteiger partial charge in [0.15, 0.2) is 5.54 Å². The van der Waals surface area contributed by atoms with E-state index >= 15 is 0 Å². The number of hydrogen-bond acceptors (Lipinski definition) is 5. The molecule has 0 aromatic carbocycles. The molecular formula is C15H28N2O6. The van der Waals surface area contributed by atoms with Gasteiger partial charge in [0.25, 0.3) is 0 Å². The number of rotatable bonds is 9. The molecule has 0 heterocycles. The lowest BCUT2D eigenvalue weighted by Crippen LogP contribution is -2.67. The number of aliphatic hydroxyl groups excluding tert-OH is 1. The van der Waals surface area contributed by atoms with Gasteiger partial charge in [0.1, 0.15) is 0 Å². The Kier molecular flexibility index (Phi) is 8.02. The number of carbonyl (C=O) groups is 3. The minimum absolute atomic E-state index is 0.0800. The van der Waals surface area contributed by atoms with Crippen LogP contribution in [0.15, 0.2) is 0 Å². The van der Waals surface area contributed by atoms with Crippen molar-refractivity contribution in [3.05, 3.63) is 0 Å². The van der Waals surface area contributed by atoms with E-state index in [9.17, 15) is 24.6 Å². The van der Waals surface area contributed by atoms with Crippen LogP contribution in [-0.4, -0.2) is 53.5 Å². The zero-order valence-electron chi connectivity index (χ0n) is 14.4. The molecule has 1 unspecified atom stereocenters. The van der Waals surface area contributed by atoms with Crippen molar-refractivity contribution in [1.29, 1.82) is 0 Å². The van der Waals surface area contributed by atoms with Gasteiger partial charge in [0.2, 0.25) is 0 Å². The van der Waals surface area contributed by atoms with E-state index in [0.29, 0.717) is 6.54 Å². The SMILES string of the molecule is CCOC(=O)C(C)(C)C(CCO)(NC(=O)NCC(C)C)C(=O)O. The lowest BCUT2D eigenvalue weighted by molar-refractivity contribution is -0.169. The molecule has 134 valence electrons. The van der Waals surface area contributed by atoms with Gasteiger partial charge in [0, 0.05) is 19.6 Å². The summed E-state index contributed by atoms with van der Waals surface area (Å²) in [5, 5.41) is 23.8.